The molecule has 0 aliphatic carbocycles. The van der Waals surface area contributed by atoms with Crippen LogP contribution in [-0.2, 0) is 18.5 Å². The van der Waals surface area contributed by atoms with Gasteiger partial charge in [-0.05, 0) is 40.5 Å². The standard InChI is InChI=1S/C20H41N2O4P/c1-7-9-13-24-16-20(15-23-12-8-2)17-26-27(25-14-10-11-21)22(18(3)4)19(5)6/h18-20H,7-10,12-17H2,1-6H3. The van der Waals surface area contributed by atoms with Crippen molar-refractivity contribution in [3.05, 3.63) is 0 Å². The first-order chi connectivity index (χ1) is 13.0. The summed E-state index contributed by atoms with van der Waals surface area (Å²) < 4.78 is 26.0. The summed E-state index contributed by atoms with van der Waals surface area (Å²) >= 11 is 0. The van der Waals surface area contributed by atoms with E-state index in [9.17, 15) is 0 Å². The largest absolute Gasteiger partial charge is 0.381 e. The lowest BCUT2D eigenvalue weighted by Gasteiger charge is -2.36. The van der Waals surface area contributed by atoms with Gasteiger partial charge in [0.25, 0.3) is 8.53 Å². The summed E-state index contributed by atoms with van der Waals surface area (Å²) in [6.07, 6.45) is 3.57. The molecule has 160 valence electrons. The first-order valence-electron chi connectivity index (χ1n) is 10.3. The Labute approximate surface area is 168 Å². The van der Waals surface area contributed by atoms with E-state index < -0.39 is 8.53 Å². The van der Waals surface area contributed by atoms with Crippen LogP contribution in [0.5, 0.6) is 0 Å². The van der Waals surface area contributed by atoms with E-state index in [0.29, 0.717) is 44.9 Å². The van der Waals surface area contributed by atoms with Gasteiger partial charge in [-0.3, -0.25) is 0 Å². The highest BCUT2D eigenvalue weighted by Gasteiger charge is 2.28. The summed E-state index contributed by atoms with van der Waals surface area (Å²) in [7, 11) is -1.22. The molecule has 0 rings (SSSR count). The molecular weight excluding hydrogens is 363 g/mol. The van der Waals surface area contributed by atoms with E-state index >= 15 is 0 Å². The van der Waals surface area contributed by atoms with E-state index in [-0.39, 0.29) is 5.92 Å². The lowest BCUT2D eigenvalue weighted by atomic mass is 10.2. The third kappa shape index (κ3) is 13.5. The smallest absolute Gasteiger partial charge is 0.259 e. The van der Waals surface area contributed by atoms with Crippen LogP contribution in [0.4, 0.5) is 0 Å². The van der Waals surface area contributed by atoms with Crippen LogP contribution in [0.15, 0.2) is 0 Å². The van der Waals surface area contributed by atoms with Crippen LogP contribution in [0, 0.1) is 17.2 Å². The van der Waals surface area contributed by atoms with E-state index in [4.69, 9.17) is 23.8 Å². The van der Waals surface area contributed by atoms with E-state index in [2.05, 4.69) is 52.3 Å². The van der Waals surface area contributed by atoms with Crippen molar-refractivity contribution in [1.82, 2.24) is 4.67 Å². The van der Waals surface area contributed by atoms with Gasteiger partial charge in [-0.15, -0.1) is 0 Å². The zero-order valence-corrected chi connectivity index (χ0v) is 19.2. The fourth-order valence-electron chi connectivity index (χ4n) is 2.52. The van der Waals surface area contributed by atoms with Crippen LogP contribution in [-0.4, -0.2) is 56.4 Å². The minimum atomic E-state index is -1.22. The van der Waals surface area contributed by atoms with Gasteiger partial charge in [0.2, 0.25) is 0 Å². The lowest BCUT2D eigenvalue weighted by molar-refractivity contribution is 0.0167. The van der Waals surface area contributed by atoms with Gasteiger partial charge >= 0.3 is 0 Å². The lowest BCUT2D eigenvalue weighted by Crippen LogP contribution is -2.34. The fourth-order valence-corrected chi connectivity index (χ4v) is 4.20. The SMILES string of the molecule is CCCCOCC(COCCC)COP(OCCC#N)N(C(C)C)C(C)C. The van der Waals surface area contributed by atoms with Gasteiger partial charge in [0.1, 0.15) is 0 Å². The summed E-state index contributed by atoms with van der Waals surface area (Å²) in [5.74, 6) is 0.180. The van der Waals surface area contributed by atoms with Crippen LogP contribution in [0.25, 0.3) is 0 Å². The molecule has 0 heterocycles. The predicted molar refractivity (Wildman–Crippen MR) is 111 cm³/mol. The third-order valence-electron chi connectivity index (χ3n) is 3.78. The first-order valence-corrected chi connectivity index (χ1v) is 11.5. The Hall–Kier alpha value is -0.280. The molecule has 0 amide bonds. The average molecular weight is 405 g/mol. The van der Waals surface area contributed by atoms with Crippen LogP contribution in [0.3, 0.4) is 0 Å². The van der Waals surface area contributed by atoms with Gasteiger partial charge in [0, 0.05) is 31.2 Å². The second-order valence-corrected chi connectivity index (χ2v) is 8.67. The Morgan fingerprint density at radius 2 is 1.48 bits per heavy atom. The minimum absolute atomic E-state index is 0.180. The first kappa shape index (κ1) is 26.7. The molecule has 2 unspecified atom stereocenters. The van der Waals surface area contributed by atoms with Crippen molar-refractivity contribution in [1.29, 1.82) is 5.26 Å². The average Bonchev–Trinajstić information content (AvgIpc) is 2.61. The van der Waals surface area contributed by atoms with Crippen molar-refractivity contribution in [2.24, 2.45) is 5.92 Å². The van der Waals surface area contributed by atoms with Crippen molar-refractivity contribution in [3.63, 3.8) is 0 Å². The molecule has 27 heavy (non-hydrogen) atoms. The summed E-state index contributed by atoms with van der Waals surface area (Å²) in [5, 5.41) is 8.81. The molecule has 0 spiro atoms. The van der Waals surface area contributed by atoms with Crippen LogP contribution >= 0.6 is 8.53 Å². The Morgan fingerprint density at radius 3 is 2.00 bits per heavy atom. The van der Waals surface area contributed by atoms with Gasteiger partial charge in [0.15, 0.2) is 0 Å². The molecule has 7 heteroatoms. The Kier molecular flexibility index (Phi) is 17.6. The highest BCUT2D eigenvalue weighted by atomic mass is 31.2. The molecule has 0 aromatic rings. The molecule has 0 saturated heterocycles. The van der Waals surface area contributed by atoms with E-state index in [1.54, 1.807) is 0 Å². The molecule has 0 fully saturated rings. The molecule has 0 aromatic carbocycles. The zero-order chi connectivity index (χ0) is 20.5. The predicted octanol–water partition coefficient (Wildman–Crippen LogP) is 5.14. The maximum Gasteiger partial charge on any atom is 0.259 e. The maximum absolute atomic E-state index is 8.81. The van der Waals surface area contributed by atoms with Gasteiger partial charge < -0.3 is 18.5 Å². The Bertz CT molecular complexity index is 369. The summed E-state index contributed by atoms with van der Waals surface area (Å²) in [6.45, 7) is 16.5. The van der Waals surface area contributed by atoms with Crippen LogP contribution in [0.2, 0.25) is 0 Å². The van der Waals surface area contributed by atoms with Gasteiger partial charge in [-0.25, -0.2) is 4.67 Å². The third-order valence-corrected chi connectivity index (χ3v) is 5.86. The van der Waals surface area contributed by atoms with Crippen LogP contribution in [0.1, 0.15) is 67.2 Å². The number of nitrogens with zero attached hydrogens (tertiary/aromatic N) is 2. The quantitative estimate of drug-likeness (QED) is 0.233. The molecule has 2 atom stereocenters. The number of unbranched alkanes of at least 4 members (excludes halogenated alkanes) is 1. The Balaban J connectivity index is 4.78. The number of ether oxygens (including phenoxy) is 2. The van der Waals surface area contributed by atoms with Gasteiger partial charge in [-0.1, -0.05) is 20.3 Å². The molecule has 0 aliphatic heterocycles. The zero-order valence-electron chi connectivity index (χ0n) is 18.3. The molecule has 0 bridgehead atoms. The fraction of sp³-hybridized carbons (Fsp3) is 0.950. The molecule has 0 saturated carbocycles. The molecular formula is C20H41N2O4P. The van der Waals surface area contributed by atoms with E-state index in [1.807, 2.05) is 0 Å². The van der Waals surface area contributed by atoms with Crippen molar-refractivity contribution in [2.45, 2.75) is 79.3 Å². The monoisotopic (exact) mass is 404 g/mol. The van der Waals surface area contributed by atoms with Crippen molar-refractivity contribution < 1.29 is 18.5 Å². The van der Waals surface area contributed by atoms with Gasteiger partial charge in [0.05, 0.1) is 38.9 Å². The molecule has 6 nitrogen and oxygen atoms in total. The molecule has 0 aromatic heterocycles. The molecule has 0 radical (unpaired) electrons. The molecule has 0 aliphatic rings. The van der Waals surface area contributed by atoms with Crippen molar-refractivity contribution in [3.8, 4) is 6.07 Å². The van der Waals surface area contributed by atoms with Gasteiger partial charge in [-0.2, -0.15) is 5.26 Å². The number of hydrogen-bond donors (Lipinski definition) is 0. The minimum Gasteiger partial charge on any atom is -0.381 e. The number of rotatable bonds is 18. The second kappa shape index (κ2) is 17.8. The number of nitriles is 1. The summed E-state index contributed by atoms with van der Waals surface area (Å²) in [5.41, 5.74) is 0. The highest BCUT2D eigenvalue weighted by molar-refractivity contribution is 7.44. The van der Waals surface area contributed by atoms with E-state index in [0.717, 1.165) is 32.5 Å². The van der Waals surface area contributed by atoms with Crippen LogP contribution < -0.4 is 0 Å². The Morgan fingerprint density at radius 1 is 0.852 bits per heavy atom. The van der Waals surface area contributed by atoms with Crippen molar-refractivity contribution >= 4 is 8.53 Å². The van der Waals surface area contributed by atoms with Crippen molar-refractivity contribution in [2.75, 3.05) is 39.6 Å². The number of hydrogen-bond acceptors (Lipinski definition) is 6. The maximum atomic E-state index is 8.81. The summed E-state index contributed by atoms with van der Waals surface area (Å²) in [4.78, 5) is 0. The molecule has 0 N–H and O–H groups in total. The topological polar surface area (TPSA) is 64.0 Å². The normalized spacial score (nSPS) is 14.1. The summed E-state index contributed by atoms with van der Waals surface area (Å²) in [6, 6.07) is 2.73. The highest BCUT2D eigenvalue weighted by Crippen LogP contribution is 2.46. The van der Waals surface area contributed by atoms with E-state index in [1.165, 1.54) is 0 Å². The second-order valence-electron chi connectivity index (χ2n) is 7.21.